The highest BCUT2D eigenvalue weighted by molar-refractivity contribution is 5.95. The lowest BCUT2D eigenvalue weighted by Gasteiger charge is -2.33. The van der Waals surface area contributed by atoms with E-state index in [1.807, 2.05) is 42.0 Å². The number of aryl methyl sites for hydroxylation is 1. The van der Waals surface area contributed by atoms with Crippen LogP contribution in [0.2, 0.25) is 0 Å². The van der Waals surface area contributed by atoms with Gasteiger partial charge in [-0.3, -0.25) is 14.4 Å². The Labute approximate surface area is 234 Å². The SMILES string of the molecule is COCCCOc1cc(C(=O)N(C[C@@H]2CNC[C@H]2CN(C)C(=O)CC2CCN(C=O)CC2)C(C)C)ccc1C. The van der Waals surface area contributed by atoms with E-state index >= 15 is 0 Å². The van der Waals surface area contributed by atoms with Crippen LogP contribution in [0.25, 0.3) is 0 Å². The van der Waals surface area contributed by atoms with Crippen LogP contribution in [0.4, 0.5) is 0 Å². The van der Waals surface area contributed by atoms with Gasteiger partial charge < -0.3 is 29.5 Å². The summed E-state index contributed by atoms with van der Waals surface area (Å²) in [5.41, 5.74) is 1.63. The van der Waals surface area contributed by atoms with E-state index in [-0.39, 0.29) is 29.7 Å². The minimum Gasteiger partial charge on any atom is -0.493 e. The molecule has 2 fully saturated rings. The molecule has 0 aromatic heterocycles. The normalized spacial score (nSPS) is 19.8. The number of methoxy groups -OCH3 is 1. The second-order valence-electron chi connectivity index (χ2n) is 11.5. The summed E-state index contributed by atoms with van der Waals surface area (Å²) in [5, 5.41) is 3.49. The number of ether oxygens (including phenoxy) is 2. The maximum absolute atomic E-state index is 13.7. The third kappa shape index (κ3) is 8.93. The number of carbonyl (C=O) groups excluding carboxylic acids is 3. The zero-order valence-corrected chi connectivity index (χ0v) is 24.5. The van der Waals surface area contributed by atoms with Crippen LogP contribution in [0.5, 0.6) is 5.75 Å². The van der Waals surface area contributed by atoms with Gasteiger partial charge in [0, 0.05) is 84.5 Å². The fourth-order valence-corrected chi connectivity index (χ4v) is 5.55. The number of piperidine rings is 1. The number of carbonyl (C=O) groups is 3. The average molecular weight is 545 g/mol. The van der Waals surface area contributed by atoms with Crippen molar-refractivity contribution in [2.24, 2.45) is 17.8 Å². The van der Waals surface area contributed by atoms with Crippen molar-refractivity contribution >= 4 is 18.2 Å². The van der Waals surface area contributed by atoms with Gasteiger partial charge in [-0.1, -0.05) is 6.07 Å². The van der Waals surface area contributed by atoms with Crippen molar-refractivity contribution in [1.82, 2.24) is 20.0 Å². The van der Waals surface area contributed by atoms with E-state index in [1.54, 1.807) is 12.0 Å². The van der Waals surface area contributed by atoms with Crippen molar-refractivity contribution in [1.29, 1.82) is 0 Å². The molecule has 0 spiro atoms. The molecule has 0 radical (unpaired) electrons. The van der Waals surface area contributed by atoms with Crippen LogP contribution >= 0.6 is 0 Å². The smallest absolute Gasteiger partial charge is 0.254 e. The molecule has 0 bridgehead atoms. The molecule has 0 saturated carbocycles. The summed E-state index contributed by atoms with van der Waals surface area (Å²) in [4.78, 5) is 43.2. The van der Waals surface area contributed by atoms with Crippen LogP contribution in [0, 0.1) is 24.7 Å². The predicted molar refractivity (Wildman–Crippen MR) is 152 cm³/mol. The lowest BCUT2D eigenvalue weighted by Crippen LogP contribution is -2.44. The highest BCUT2D eigenvalue weighted by atomic mass is 16.5. The molecular formula is C30H48N4O5. The minimum atomic E-state index is 0.00323. The van der Waals surface area contributed by atoms with E-state index in [0.717, 1.165) is 63.2 Å². The molecule has 9 heteroatoms. The lowest BCUT2D eigenvalue weighted by atomic mass is 9.92. The molecule has 3 rings (SSSR count). The van der Waals surface area contributed by atoms with Crippen LogP contribution in [-0.2, 0) is 14.3 Å². The highest BCUT2D eigenvalue weighted by Crippen LogP contribution is 2.26. The lowest BCUT2D eigenvalue weighted by molar-refractivity contribution is -0.132. The van der Waals surface area contributed by atoms with Crippen molar-refractivity contribution in [3.05, 3.63) is 29.3 Å². The first kappa shape index (κ1) is 30.9. The van der Waals surface area contributed by atoms with Crippen molar-refractivity contribution in [3.8, 4) is 5.75 Å². The Bertz CT molecular complexity index is 947. The summed E-state index contributed by atoms with van der Waals surface area (Å²) in [5.74, 6) is 1.78. The number of benzene rings is 1. The third-order valence-corrected chi connectivity index (χ3v) is 8.18. The number of likely N-dealkylation sites (tertiary alicyclic amines) is 1. The van der Waals surface area contributed by atoms with Gasteiger partial charge in [-0.25, -0.2) is 0 Å². The molecule has 0 unspecified atom stereocenters. The molecule has 9 nitrogen and oxygen atoms in total. The van der Waals surface area contributed by atoms with Crippen LogP contribution < -0.4 is 10.1 Å². The molecule has 39 heavy (non-hydrogen) atoms. The molecule has 1 aromatic carbocycles. The van der Waals surface area contributed by atoms with Crippen molar-refractivity contribution in [2.45, 2.75) is 52.5 Å². The van der Waals surface area contributed by atoms with E-state index in [9.17, 15) is 14.4 Å². The van der Waals surface area contributed by atoms with E-state index < -0.39 is 0 Å². The minimum absolute atomic E-state index is 0.00323. The summed E-state index contributed by atoms with van der Waals surface area (Å²) in [6.07, 6.45) is 4.00. The molecule has 1 aromatic rings. The van der Waals surface area contributed by atoms with Gasteiger partial charge in [0.05, 0.1) is 6.61 Å². The average Bonchev–Trinajstić information content (AvgIpc) is 3.36. The van der Waals surface area contributed by atoms with E-state index in [1.165, 1.54) is 0 Å². The van der Waals surface area contributed by atoms with Crippen LogP contribution in [0.3, 0.4) is 0 Å². The Hall–Kier alpha value is -2.65. The molecule has 2 aliphatic heterocycles. The van der Waals surface area contributed by atoms with Crippen LogP contribution in [0.1, 0.15) is 55.5 Å². The van der Waals surface area contributed by atoms with Gasteiger partial charge >= 0.3 is 0 Å². The summed E-state index contributed by atoms with van der Waals surface area (Å²) < 4.78 is 11.0. The first-order chi connectivity index (χ1) is 18.7. The Morgan fingerprint density at radius 1 is 1.13 bits per heavy atom. The van der Waals surface area contributed by atoms with Crippen LogP contribution in [-0.4, -0.2) is 106 Å². The number of nitrogens with zero attached hydrogens (tertiary/aromatic N) is 3. The maximum atomic E-state index is 13.7. The quantitative estimate of drug-likeness (QED) is 0.286. The molecule has 3 amide bonds. The van der Waals surface area contributed by atoms with Gasteiger partial charge in [-0.2, -0.15) is 0 Å². The second kappa shape index (κ2) is 15.2. The molecule has 1 N–H and O–H groups in total. The first-order valence-corrected chi connectivity index (χ1v) is 14.4. The fraction of sp³-hybridized carbons (Fsp3) is 0.700. The summed E-state index contributed by atoms with van der Waals surface area (Å²) in [6, 6.07) is 5.73. The van der Waals surface area contributed by atoms with Crippen molar-refractivity contribution in [3.63, 3.8) is 0 Å². The number of rotatable bonds is 14. The number of hydrogen-bond donors (Lipinski definition) is 1. The summed E-state index contributed by atoms with van der Waals surface area (Å²) in [7, 11) is 3.57. The number of nitrogens with one attached hydrogen (secondary N) is 1. The molecule has 2 aliphatic rings. The van der Waals surface area contributed by atoms with E-state index in [2.05, 4.69) is 19.2 Å². The number of hydrogen-bond acceptors (Lipinski definition) is 6. The molecule has 2 heterocycles. The van der Waals surface area contributed by atoms with Gasteiger partial charge in [0.2, 0.25) is 12.3 Å². The topological polar surface area (TPSA) is 91.4 Å². The van der Waals surface area contributed by atoms with E-state index in [4.69, 9.17) is 9.47 Å². The van der Waals surface area contributed by atoms with Crippen LogP contribution in [0.15, 0.2) is 18.2 Å². The summed E-state index contributed by atoms with van der Waals surface area (Å²) >= 11 is 0. The Kier molecular flexibility index (Phi) is 12.1. The highest BCUT2D eigenvalue weighted by Gasteiger charge is 2.33. The van der Waals surface area contributed by atoms with Crippen molar-refractivity contribution in [2.75, 3.05) is 66.6 Å². The molecule has 2 saturated heterocycles. The first-order valence-electron chi connectivity index (χ1n) is 14.4. The standard InChI is InChI=1S/C30H48N4O5/c1-22(2)34(30(37)25-8-7-23(3)28(16-25)39-14-6-13-38-5)20-27-18-31-17-26(27)19-32(4)29(36)15-24-9-11-33(21-35)12-10-24/h7-8,16,21-22,24,26-27,31H,6,9-15,17-20H2,1-5H3/t26-,27-/m0/s1. The second-order valence-corrected chi connectivity index (χ2v) is 11.5. The van der Waals surface area contributed by atoms with Crippen molar-refractivity contribution < 1.29 is 23.9 Å². The Morgan fingerprint density at radius 3 is 2.46 bits per heavy atom. The van der Waals surface area contributed by atoms with Gasteiger partial charge in [0.25, 0.3) is 5.91 Å². The predicted octanol–water partition coefficient (Wildman–Crippen LogP) is 2.81. The Balaban J connectivity index is 1.58. The third-order valence-electron chi connectivity index (χ3n) is 8.18. The van der Waals surface area contributed by atoms with Gasteiger partial charge in [0.15, 0.2) is 0 Å². The molecular weight excluding hydrogens is 496 g/mol. The Morgan fingerprint density at radius 2 is 1.82 bits per heavy atom. The summed E-state index contributed by atoms with van der Waals surface area (Å²) in [6.45, 7) is 11.7. The zero-order valence-electron chi connectivity index (χ0n) is 24.5. The monoisotopic (exact) mass is 544 g/mol. The zero-order chi connectivity index (χ0) is 28.4. The van der Waals surface area contributed by atoms with Gasteiger partial charge in [0.1, 0.15) is 5.75 Å². The molecule has 218 valence electrons. The largest absolute Gasteiger partial charge is 0.493 e. The maximum Gasteiger partial charge on any atom is 0.254 e. The fourth-order valence-electron chi connectivity index (χ4n) is 5.55. The molecule has 0 aliphatic carbocycles. The number of amides is 3. The molecule has 2 atom stereocenters. The van der Waals surface area contributed by atoms with Gasteiger partial charge in [-0.05, 0) is 69.1 Å². The van der Waals surface area contributed by atoms with E-state index in [0.29, 0.717) is 44.2 Å². The van der Waals surface area contributed by atoms with Gasteiger partial charge in [-0.15, -0.1) is 0 Å².